The molecule has 84 valence electrons. The first-order chi connectivity index (χ1) is 8.19. The zero-order valence-electron chi connectivity index (χ0n) is 9.01. The highest BCUT2D eigenvalue weighted by atomic mass is 35.5. The fourth-order valence-corrected chi connectivity index (χ4v) is 1.60. The lowest BCUT2D eigenvalue weighted by atomic mass is 10.2. The summed E-state index contributed by atoms with van der Waals surface area (Å²) in [4.78, 5) is 12.5. The van der Waals surface area contributed by atoms with Gasteiger partial charge in [-0.05, 0) is 43.4 Å². The Labute approximate surface area is 109 Å². The van der Waals surface area contributed by atoms with Crippen molar-refractivity contribution in [3.05, 3.63) is 41.0 Å². The summed E-state index contributed by atoms with van der Waals surface area (Å²) < 4.78 is 0. The lowest BCUT2D eigenvalue weighted by Crippen LogP contribution is -1.91. The normalized spacial score (nSPS) is 9.76. The van der Waals surface area contributed by atoms with Crippen molar-refractivity contribution in [2.24, 2.45) is 4.99 Å². The molecule has 5 heteroatoms. The highest BCUT2D eigenvalue weighted by Crippen LogP contribution is 2.20. The number of thiocarbonyl (C=S) groups is 1. The Hall–Kier alpha value is -1.61. The molecule has 0 fully saturated rings. The van der Waals surface area contributed by atoms with E-state index in [1.807, 2.05) is 19.1 Å². The molecule has 2 rings (SSSR count). The van der Waals surface area contributed by atoms with Gasteiger partial charge in [-0.1, -0.05) is 11.6 Å². The van der Waals surface area contributed by atoms with Crippen LogP contribution in [0.3, 0.4) is 0 Å². The standard InChI is InChI=1S/C12H8ClN3S/c1-8-6-11(14-7-17)16-12(15-8)9-2-4-10(13)5-3-9/h2-6H,1H3. The molecule has 1 aromatic heterocycles. The molecule has 0 spiro atoms. The highest BCUT2D eigenvalue weighted by molar-refractivity contribution is 7.78. The van der Waals surface area contributed by atoms with Crippen LogP contribution in [0.5, 0.6) is 0 Å². The number of benzene rings is 1. The van der Waals surface area contributed by atoms with Crippen LogP contribution in [0.15, 0.2) is 35.3 Å². The van der Waals surface area contributed by atoms with Crippen LogP contribution in [0.4, 0.5) is 5.82 Å². The summed E-state index contributed by atoms with van der Waals surface area (Å²) in [5.74, 6) is 1.11. The molecule has 2 aromatic rings. The molecule has 0 radical (unpaired) electrons. The Bertz CT molecular complexity index is 589. The van der Waals surface area contributed by atoms with Gasteiger partial charge >= 0.3 is 0 Å². The van der Waals surface area contributed by atoms with E-state index in [0.29, 0.717) is 16.7 Å². The largest absolute Gasteiger partial charge is 0.233 e. The van der Waals surface area contributed by atoms with Crippen LogP contribution in [-0.4, -0.2) is 15.1 Å². The first kappa shape index (κ1) is 11.9. The first-order valence-corrected chi connectivity index (χ1v) is 5.67. The van der Waals surface area contributed by atoms with Gasteiger partial charge in [-0.3, -0.25) is 0 Å². The summed E-state index contributed by atoms with van der Waals surface area (Å²) in [6, 6.07) is 9.07. The molecule has 0 unspecified atom stereocenters. The molecular weight excluding hydrogens is 254 g/mol. The number of hydrogen-bond acceptors (Lipinski definition) is 4. The molecular formula is C12H8ClN3S. The van der Waals surface area contributed by atoms with Crippen molar-refractivity contribution in [3.8, 4) is 11.4 Å². The van der Waals surface area contributed by atoms with E-state index in [9.17, 15) is 0 Å². The molecule has 1 aromatic carbocycles. The van der Waals surface area contributed by atoms with Crippen molar-refractivity contribution in [1.82, 2.24) is 9.97 Å². The maximum Gasteiger partial charge on any atom is 0.166 e. The van der Waals surface area contributed by atoms with Gasteiger partial charge in [-0.15, -0.1) is 0 Å². The number of nitrogens with zero attached hydrogens (tertiary/aromatic N) is 3. The molecule has 0 aliphatic heterocycles. The SMILES string of the molecule is Cc1cc(N=C=S)nc(-c2ccc(Cl)cc2)n1. The summed E-state index contributed by atoms with van der Waals surface area (Å²) in [5.41, 5.74) is 1.72. The fraction of sp³-hybridized carbons (Fsp3) is 0.0833. The molecule has 1 heterocycles. The first-order valence-electron chi connectivity index (χ1n) is 4.88. The van der Waals surface area contributed by atoms with Crippen molar-refractivity contribution in [1.29, 1.82) is 0 Å². The van der Waals surface area contributed by atoms with E-state index in [1.54, 1.807) is 18.2 Å². The minimum absolute atomic E-state index is 0.512. The third-order valence-corrected chi connectivity index (χ3v) is 2.45. The van der Waals surface area contributed by atoms with Crippen molar-refractivity contribution in [3.63, 3.8) is 0 Å². The predicted octanol–water partition coefficient (Wildman–Crippen LogP) is 3.84. The van der Waals surface area contributed by atoms with Crippen LogP contribution < -0.4 is 0 Å². The van der Waals surface area contributed by atoms with Crippen molar-refractivity contribution in [2.45, 2.75) is 6.92 Å². The summed E-state index contributed by atoms with van der Waals surface area (Å²) in [6.45, 7) is 1.88. The molecule has 0 saturated heterocycles. The third-order valence-electron chi connectivity index (χ3n) is 2.10. The second-order valence-corrected chi connectivity index (χ2v) is 4.02. The maximum atomic E-state index is 5.83. The number of aromatic nitrogens is 2. The molecule has 0 saturated carbocycles. The monoisotopic (exact) mass is 261 g/mol. The van der Waals surface area contributed by atoms with Crippen molar-refractivity contribution in [2.75, 3.05) is 0 Å². The Morgan fingerprint density at radius 1 is 1.24 bits per heavy atom. The van der Waals surface area contributed by atoms with E-state index in [0.717, 1.165) is 11.3 Å². The van der Waals surface area contributed by atoms with Crippen LogP contribution in [0.1, 0.15) is 5.69 Å². The second kappa shape index (κ2) is 5.15. The molecule has 3 nitrogen and oxygen atoms in total. The maximum absolute atomic E-state index is 5.83. The van der Waals surface area contributed by atoms with Gasteiger partial charge in [-0.25, -0.2) is 9.97 Å². The van der Waals surface area contributed by atoms with Gasteiger partial charge in [-0.2, -0.15) is 4.99 Å². The number of isothiocyanates is 1. The van der Waals surface area contributed by atoms with Crippen LogP contribution in [0, 0.1) is 6.92 Å². The Balaban J connectivity index is 2.51. The zero-order chi connectivity index (χ0) is 12.3. The highest BCUT2D eigenvalue weighted by Gasteiger charge is 2.04. The average molecular weight is 262 g/mol. The number of hydrogen-bond donors (Lipinski definition) is 0. The summed E-state index contributed by atoms with van der Waals surface area (Å²) in [6.07, 6.45) is 0. The Morgan fingerprint density at radius 3 is 2.59 bits per heavy atom. The molecule has 0 bridgehead atoms. The summed E-state index contributed by atoms with van der Waals surface area (Å²) in [5, 5.41) is 2.98. The Kier molecular flexibility index (Phi) is 3.59. The van der Waals surface area contributed by atoms with E-state index in [2.05, 4.69) is 32.3 Å². The molecule has 0 N–H and O–H groups in total. The van der Waals surface area contributed by atoms with Gasteiger partial charge in [0.1, 0.15) is 0 Å². The summed E-state index contributed by atoms with van der Waals surface area (Å²) in [7, 11) is 0. The van der Waals surface area contributed by atoms with Gasteiger partial charge in [0.25, 0.3) is 0 Å². The minimum Gasteiger partial charge on any atom is -0.233 e. The van der Waals surface area contributed by atoms with Crippen LogP contribution in [0.2, 0.25) is 5.02 Å². The lowest BCUT2D eigenvalue weighted by molar-refractivity contribution is 1.10. The van der Waals surface area contributed by atoms with Gasteiger partial charge in [0.2, 0.25) is 0 Å². The topological polar surface area (TPSA) is 38.1 Å². The molecule has 0 aliphatic rings. The summed E-state index contributed by atoms with van der Waals surface area (Å²) >= 11 is 10.4. The van der Waals surface area contributed by atoms with E-state index in [-0.39, 0.29) is 0 Å². The van der Waals surface area contributed by atoms with Crippen LogP contribution >= 0.6 is 23.8 Å². The van der Waals surface area contributed by atoms with Gasteiger partial charge < -0.3 is 0 Å². The second-order valence-electron chi connectivity index (χ2n) is 3.40. The lowest BCUT2D eigenvalue weighted by Gasteiger charge is -2.02. The molecule has 0 atom stereocenters. The number of aliphatic imine (C=N–C) groups is 1. The Morgan fingerprint density at radius 2 is 1.94 bits per heavy atom. The van der Waals surface area contributed by atoms with Gasteiger partial charge in [0.05, 0.1) is 5.16 Å². The van der Waals surface area contributed by atoms with Crippen molar-refractivity contribution >= 4 is 34.8 Å². The number of aryl methyl sites for hydroxylation is 1. The molecule has 17 heavy (non-hydrogen) atoms. The fourth-order valence-electron chi connectivity index (χ4n) is 1.38. The third kappa shape index (κ3) is 2.94. The van der Waals surface area contributed by atoms with Gasteiger partial charge in [0.15, 0.2) is 11.6 Å². The smallest absolute Gasteiger partial charge is 0.166 e. The number of halogens is 1. The van der Waals surface area contributed by atoms with Crippen LogP contribution in [-0.2, 0) is 0 Å². The minimum atomic E-state index is 0.512. The van der Waals surface area contributed by atoms with E-state index >= 15 is 0 Å². The van der Waals surface area contributed by atoms with Gasteiger partial charge in [0, 0.05) is 22.3 Å². The number of rotatable bonds is 2. The molecule has 0 aliphatic carbocycles. The quantitative estimate of drug-likeness (QED) is 0.609. The predicted molar refractivity (Wildman–Crippen MR) is 71.9 cm³/mol. The molecule has 0 amide bonds. The van der Waals surface area contributed by atoms with E-state index < -0.39 is 0 Å². The van der Waals surface area contributed by atoms with E-state index in [1.165, 1.54) is 0 Å². The zero-order valence-corrected chi connectivity index (χ0v) is 10.6. The average Bonchev–Trinajstić information content (AvgIpc) is 2.29. The van der Waals surface area contributed by atoms with E-state index in [4.69, 9.17) is 11.6 Å². The van der Waals surface area contributed by atoms with Crippen LogP contribution in [0.25, 0.3) is 11.4 Å². The van der Waals surface area contributed by atoms with Crippen molar-refractivity contribution < 1.29 is 0 Å².